The van der Waals surface area contributed by atoms with E-state index in [-0.39, 0.29) is 33.8 Å². The highest BCUT2D eigenvalue weighted by Gasteiger charge is 2.29. The lowest BCUT2D eigenvalue weighted by Gasteiger charge is -2.16. The van der Waals surface area contributed by atoms with Gasteiger partial charge in [0.1, 0.15) is 28.4 Å². The van der Waals surface area contributed by atoms with Crippen LogP contribution in [0.15, 0.2) is 97.3 Å². The maximum Gasteiger partial charge on any atom is 0.344 e. The molecule has 0 unspecified atom stereocenters. The summed E-state index contributed by atoms with van der Waals surface area (Å²) in [5.74, 6) is -1.18. The molecule has 2 N–H and O–H groups in total. The van der Waals surface area contributed by atoms with Crippen molar-refractivity contribution < 1.29 is 23.8 Å². The van der Waals surface area contributed by atoms with Crippen molar-refractivity contribution in [2.24, 2.45) is 0 Å². The fourth-order valence-corrected chi connectivity index (χ4v) is 4.10. The van der Waals surface area contributed by atoms with E-state index < -0.39 is 17.2 Å². The molecule has 0 atom stereocenters. The van der Waals surface area contributed by atoms with Crippen molar-refractivity contribution in [3.05, 3.63) is 116 Å². The highest BCUT2D eigenvalue weighted by Crippen LogP contribution is 2.39. The van der Waals surface area contributed by atoms with Gasteiger partial charge in [0, 0.05) is 5.92 Å². The molecule has 2 heterocycles. The lowest BCUT2D eigenvalue weighted by Crippen LogP contribution is -2.19. The molecule has 0 aliphatic heterocycles. The number of hydrogen-bond donors (Lipinski definition) is 2. The Morgan fingerprint density at radius 3 is 1.71 bits per heavy atom. The summed E-state index contributed by atoms with van der Waals surface area (Å²) in [6, 6.07) is 20.2. The van der Waals surface area contributed by atoms with Crippen LogP contribution in [-0.4, -0.2) is 17.3 Å². The molecule has 174 valence electrons. The van der Waals surface area contributed by atoms with Crippen LogP contribution >= 0.6 is 0 Å². The smallest absolute Gasteiger partial charge is 0.344 e. The van der Waals surface area contributed by atoms with Gasteiger partial charge in [0.15, 0.2) is 0 Å². The fourth-order valence-electron chi connectivity index (χ4n) is 4.10. The molecule has 0 aliphatic rings. The van der Waals surface area contributed by atoms with Crippen molar-refractivity contribution in [3.8, 4) is 17.2 Å². The van der Waals surface area contributed by atoms with Crippen LogP contribution in [0.4, 0.5) is 0 Å². The Kier molecular flexibility index (Phi) is 5.58. The zero-order valence-electron chi connectivity index (χ0n) is 18.6. The Morgan fingerprint density at radius 2 is 1.23 bits per heavy atom. The van der Waals surface area contributed by atoms with Crippen LogP contribution in [0, 0.1) is 0 Å². The quantitative estimate of drug-likeness (QED) is 0.343. The van der Waals surface area contributed by atoms with Crippen molar-refractivity contribution >= 4 is 28.0 Å². The highest BCUT2D eigenvalue weighted by molar-refractivity contribution is 5.86. The van der Waals surface area contributed by atoms with Crippen LogP contribution in [0.5, 0.6) is 17.2 Å². The third-order valence-electron chi connectivity index (χ3n) is 5.86. The van der Waals surface area contributed by atoms with E-state index in [9.17, 15) is 19.8 Å². The third kappa shape index (κ3) is 3.93. The van der Waals surface area contributed by atoms with Gasteiger partial charge in [-0.05, 0) is 42.0 Å². The summed E-state index contributed by atoms with van der Waals surface area (Å²) < 4.78 is 16.1. The number of fused-ring (bicyclic) bond motifs is 2. The molecule has 0 spiro atoms. The maximum absolute atomic E-state index is 13.1. The number of hydrogen-bond acceptors (Lipinski definition) is 7. The van der Waals surface area contributed by atoms with Crippen molar-refractivity contribution in [1.82, 2.24) is 0 Å². The van der Waals surface area contributed by atoms with E-state index in [0.29, 0.717) is 16.5 Å². The standard InChI is InChI=1S/C28H20O7/c1-33-17-13-10-16(11-14-17)12-15-20(23-25(29)18-6-2-4-8-21(18)34-27(23)31)24-26(30)19-7-3-5-9-22(19)35-28(24)32/h2-15,20,29-30H,1H3. The molecule has 7 heteroatoms. The summed E-state index contributed by atoms with van der Waals surface area (Å²) in [7, 11) is 1.56. The van der Waals surface area contributed by atoms with E-state index in [1.165, 1.54) is 0 Å². The number of benzene rings is 3. The van der Waals surface area contributed by atoms with Gasteiger partial charge in [-0.2, -0.15) is 0 Å². The van der Waals surface area contributed by atoms with E-state index >= 15 is 0 Å². The first-order valence-electron chi connectivity index (χ1n) is 10.8. The summed E-state index contributed by atoms with van der Waals surface area (Å²) in [6.07, 6.45) is 3.22. The van der Waals surface area contributed by atoms with E-state index in [0.717, 1.165) is 5.56 Å². The second kappa shape index (κ2) is 8.87. The predicted molar refractivity (Wildman–Crippen MR) is 132 cm³/mol. The Bertz CT molecular complexity index is 1590. The average molecular weight is 468 g/mol. The molecular weight excluding hydrogens is 448 g/mol. The molecule has 5 rings (SSSR count). The number of rotatable bonds is 5. The van der Waals surface area contributed by atoms with E-state index in [1.54, 1.807) is 92.1 Å². The molecule has 0 bridgehead atoms. The van der Waals surface area contributed by atoms with Crippen LogP contribution in [-0.2, 0) is 0 Å². The van der Waals surface area contributed by atoms with Gasteiger partial charge >= 0.3 is 11.3 Å². The monoisotopic (exact) mass is 468 g/mol. The first-order valence-corrected chi connectivity index (χ1v) is 10.8. The molecule has 2 aromatic heterocycles. The minimum atomic E-state index is -1.17. The van der Waals surface area contributed by atoms with E-state index in [4.69, 9.17) is 13.6 Å². The molecule has 0 fully saturated rings. The van der Waals surface area contributed by atoms with Crippen molar-refractivity contribution in [2.75, 3.05) is 7.11 Å². The van der Waals surface area contributed by atoms with Crippen LogP contribution in [0.2, 0.25) is 0 Å². The topological polar surface area (TPSA) is 110 Å². The Morgan fingerprint density at radius 1 is 0.743 bits per heavy atom. The minimum Gasteiger partial charge on any atom is -0.507 e. The predicted octanol–water partition coefficient (Wildman–Crippen LogP) is 5.16. The molecule has 7 nitrogen and oxygen atoms in total. The Balaban J connectivity index is 1.78. The van der Waals surface area contributed by atoms with Crippen LogP contribution < -0.4 is 16.0 Å². The highest BCUT2D eigenvalue weighted by atomic mass is 16.5. The molecule has 5 aromatic rings. The van der Waals surface area contributed by atoms with Gasteiger partial charge in [-0.1, -0.05) is 48.6 Å². The van der Waals surface area contributed by atoms with Gasteiger partial charge < -0.3 is 23.8 Å². The second-order valence-electron chi connectivity index (χ2n) is 7.91. The van der Waals surface area contributed by atoms with Crippen molar-refractivity contribution in [2.45, 2.75) is 5.92 Å². The van der Waals surface area contributed by atoms with E-state index in [2.05, 4.69) is 0 Å². The van der Waals surface area contributed by atoms with Gasteiger partial charge in [-0.25, -0.2) is 9.59 Å². The van der Waals surface area contributed by atoms with Gasteiger partial charge in [0.25, 0.3) is 0 Å². The van der Waals surface area contributed by atoms with E-state index in [1.807, 2.05) is 0 Å². The van der Waals surface area contributed by atoms with Crippen molar-refractivity contribution in [1.29, 1.82) is 0 Å². The number of para-hydroxylation sites is 2. The first-order chi connectivity index (χ1) is 17.0. The zero-order valence-corrected chi connectivity index (χ0v) is 18.6. The largest absolute Gasteiger partial charge is 0.507 e. The lowest BCUT2D eigenvalue weighted by molar-refractivity contribution is 0.415. The molecular formula is C28H20O7. The zero-order chi connectivity index (χ0) is 24.5. The average Bonchev–Trinajstić information content (AvgIpc) is 2.87. The summed E-state index contributed by atoms with van der Waals surface area (Å²) in [5.41, 5.74) is -0.907. The fraction of sp³-hybridized carbons (Fsp3) is 0.0714. The summed E-state index contributed by atoms with van der Waals surface area (Å²) >= 11 is 0. The number of methoxy groups -OCH3 is 1. The molecule has 3 aromatic carbocycles. The Labute approximate surface area is 198 Å². The van der Waals surface area contributed by atoms with Gasteiger partial charge in [-0.15, -0.1) is 0 Å². The second-order valence-corrected chi connectivity index (χ2v) is 7.91. The Hall–Kier alpha value is -4.78. The summed E-state index contributed by atoms with van der Waals surface area (Å²) in [6.45, 7) is 0. The molecule has 0 saturated heterocycles. The summed E-state index contributed by atoms with van der Waals surface area (Å²) in [5, 5.41) is 22.8. The van der Waals surface area contributed by atoms with Crippen LogP contribution in [0.1, 0.15) is 22.6 Å². The van der Waals surface area contributed by atoms with Crippen LogP contribution in [0.3, 0.4) is 0 Å². The lowest BCUT2D eigenvalue weighted by atomic mass is 9.89. The molecule has 35 heavy (non-hydrogen) atoms. The van der Waals surface area contributed by atoms with Gasteiger partial charge in [0.05, 0.1) is 29.0 Å². The molecule has 0 saturated carbocycles. The van der Waals surface area contributed by atoms with Gasteiger partial charge in [-0.3, -0.25) is 0 Å². The molecule has 0 radical (unpaired) electrons. The van der Waals surface area contributed by atoms with Crippen LogP contribution in [0.25, 0.3) is 28.0 Å². The third-order valence-corrected chi connectivity index (χ3v) is 5.86. The summed E-state index contributed by atoms with van der Waals surface area (Å²) in [4.78, 5) is 26.1. The maximum atomic E-state index is 13.1. The number of ether oxygens (including phenoxy) is 1. The molecule has 0 amide bonds. The minimum absolute atomic E-state index is 0.189. The normalized spacial score (nSPS) is 11.6. The number of allylic oxidation sites excluding steroid dienone is 1. The number of aromatic hydroxyl groups is 2. The first kappa shape index (κ1) is 22.0. The molecule has 0 aliphatic carbocycles. The van der Waals surface area contributed by atoms with Crippen molar-refractivity contribution in [3.63, 3.8) is 0 Å². The SMILES string of the molecule is COc1ccc(C=CC(c2c(O)c3ccccc3oc2=O)c2c(O)c3ccccc3oc2=O)cc1. The van der Waals surface area contributed by atoms with Gasteiger partial charge in [0.2, 0.25) is 0 Å².